The molecule has 2 rings (SSSR count). The van der Waals surface area contributed by atoms with Gasteiger partial charge in [-0.2, -0.15) is 0 Å². The fourth-order valence-electron chi connectivity index (χ4n) is 2.17. The van der Waals surface area contributed by atoms with Crippen LogP contribution in [0.5, 0.6) is 0 Å². The van der Waals surface area contributed by atoms with Crippen LogP contribution < -0.4 is 0 Å². The zero-order valence-electron chi connectivity index (χ0n) is 9.33. The van der Waals surface area contributed by atoms with Crippen molar-refractivity contribution in [3.63, 3.8) is 0 Å². The van der Waals surface area contributed by atoms with E-state index in [1.807, 2.05) is 6.20 Å². The van der Waals surface area contributed by atoms with Crippen molar-refractivity contribution in [2.45, 2.75) is 39.5 Å². The van der Waals surface area contributed by atoms with Gasteiger partial charge in [-0.25, -0.2) is 0 Å². The molecule has 0 radical (unpaired) electrons. The Hall–Kier alpha value is -0.850. The molecule has 0 aliphatic heterocycles. The summed E-state index contributed by atoms with van der Waals surface area (Å²) in [6.45, 7) is 6.74. The van der Waals surface area contributed by atoms with E-state index < -0.39 is 0 Å². The van der Waals surface area contributed by atoms with E-state index in [0.717, 1.165) is 17.8 Å². The van der Waals surface area contributed by atoms with Gasteiger partial charge in [0, 0.05) is 17.8 Å². The predicted molar refractivity (Wildman–Crippen MR) is 59.3 cm³/mol. The van der Waals surface area contributed by atoms with Crippen LogP contribution in [0.15, 0.2) is 18.3 Å². The van der Waals surface area contributed by atoms with Crippen LogP contribution in [0.1, 0.15) is 43.9 Å². The van der Waals surface area contributed by atoms with Gasteiger partial charge in [0.1, 0.15) is 0 Å². The Morgan fingerprint density at radius 1 is 1.29 bits per heavy atom. The number of hydrogen-bond donors (Lipinski definition) is 0. The molecule has 1 heterocycles. The number of nitrogens with zero attached hydrogens (tertiary/aromatic N) is 1. The normalized spacial score (nSPS) is 26.3. The molecule has 1 nitrogen and oxygen atoms in total. The van der Waals surface area contributed by atoms with Crippen molar-refractivity contribution >= 4 is 0 Å². The topological polar surface area (TPSA) is 12.9 Å². The first-order valence-corrected chi connectivity index (χ1v) is 5.59. The second-order valence-corrected chi connectivity index (χ2v) is 4.93. The minimum absolute atomic E-state index is 0.739. The first-order valence-electron chi connectivity index (χ1n) is 5.59. The third-order valence-electron chi connectivity index (χ3n) is 3.47. The summed E-state index contributed by atoms with van der Waals surface area (Å²) in [6, 6.07) is 4.36. The van der Waals surface area contributed by atoms with Gasteiger partial charge in [-0.05, 0) is 43.2 Å². The number of hydrogen-bond acceptors (Lipinski definition) is 1. The van der Waals surface area contributed by atoms with Crippen LogP contribution in [0.4, 0.5) is 0 Å². The highest BCUT2D eigenvalue weighted by atomic mass is 14.7. The monoisotopic (exact) mass is 189 g/mol. The van der Waals surface area contributed by atoms with Crippen molar-refractivity contribution in [2.75, 3.05) is 0 Å². The average molecular weight is 189 g/mol. The highest BCUT2D eigenvalue weighted by Crippen LogP contribution is 2.44. The summed E-state index contributed by atoms with van der Waals surface area (Å²) in [5, 5.41) is 0. The summed E-state index contributed by atoms with van der Waals surface area (Å²) in [7, 11) is 0. The Morgan fingerprint density at radius 2 is 2.00 bits per heavy atom. The van der Waals surface area contributed by atoms with Gasteiger partial charge in [0.05, 0.1) is 0 Å². The second kappa shape index (κ2) is 3.72. The fourth-order valence-corrected chi connectivity index (χ4v) is 2.17. The van der Waals surface area contributed by atoms with E-state index in [1.54, 1.807) is 0 Å². The summed E-state index contributed by atoms with van der Waals surface area (Å²) < 4.78 is 0. The van der Waals surface area contributed by atoms with Gasteiger partial charge >= 0.3 is 0 Å². The van der Waals surface area contributed by atoms with Crippen molar-refractivity contribution in [2.24, 2.45) is 11.8 Å². The minimum atomic E-state index is 0.739. The van der Waals surface area contributed by atoms with Gasteiger partial charge in [0.15, 0.2) is 0 Å². The van der Waals surface area contributed by atoms with Crippen molar-refractivity contribution in [3.8, 4) is 0 Å². The molecule has 1 aliphatic carbocycles. The first-order chi connectivity index (χ1) is 6.66. The summed E-state index contributed by atoms with van der Waals surface area (Å²) >= 11 is 0. The van der Waals surface area contributed by atoms with E-state index in [-0.39, 0.29) is 0 Å². The van der Waals surface area contributed by atoms with Gasteiger partial charge in [0.2, 0.25) is 0 Å². The standard InChI is InChI=1S/C13H19N/c1-9(2)11-6-12(7-11)13-5-4-10(3)8-14-13/h4-5,8-9,11-12H,6-7H2,1-3H3. The molecule has 0 unspecified atom stereocenters. The van der Waals surface area contributed by atoms with E-state index in [4.69, 9.17) is 0 Å². The minimum Gasteiger partial charge on any atom is -0.261 e. The maximum Gasteiger partial charge on any atom is 0.0434 e. The zero-order chi connectivity index (χ0) is 10.1. The van der Waals surface area contributed by atoms with E-state index in [1.165, 1.54) is 24.1 Å². The van der Waals surface area contributed by atoms with Crippen LogP contribution in [-0.4, -0.2) is 4.98 Å². The maximum atomic E-state index is 4.49. The number of rotatable bonds is 2. The molecule has 1 aliphatic rings. The SMILES string of the molecule is Cc1ccc(C2CC(C(C)C)C2)nc1. The lowest BCUT2D eigenvalue weighted by Crippen LogP contribution is -2.26. The van der Waals surface area contributed by atoms with Crippen LogP contribution >= 0.6 is 0 Å². The zero-order valence-corrected chi connectivity index (χ0v) is 9.33. The molecule has 76 valence electrons. The Kier molecular flexibility index (Phi) is 2.58. The van der Waals surface area contributed by atoms with Gasteiger partial charge in [-0.15, -0.1) is 0 Å². The van der Waals surface area contributed by atoms with Gasteiger partial charge < -0.3 is 0 Å². The summed E-state index contributed by atoms with van der Waals surface area (Å²) in [5.74, 6) is 2.52. The molecule has 1 heteroatoms. The van der Waals surface area contributed by atoms with Crippen LogP contribution in [-0.2, 0) is 0 Å². The molecular weight excluding hydrogens is 170 g/mol. The number of aryl methyl sites for hydroxylation is 1. The number of pyridine rings is 1. The van der Waals surface area contributed by atoms with E-state index in [9.17, 15) is 0 Å². The summed E-state index contributed by atoms with van der Waals surface area (Å²) in [4.78, 5) is 4.49. The lowest BCUT2D eigenvalue weighted by molar-refractivity contribution is 0.193. The molecule has 0 saturated heterocycles. The first kappa shape index (κ1) is 9.70. The van der Waals surface area contributed by atoms with Crippen molar-refractivity contribution in [1.29, 1.82) is 0 Å². The Balaban J connectivity index is 1.96. The molecule has 0 bridgehead atoms. The highest BCUT2D eigenvalue weighted by molar-refractivity contribution is 5.17. The van der Waals surface area contributed by atoms with E-state index in [2.05, 4.69) is 37.9 Å². The molecule has 0 N–H and O–H groups in total. The Bertz CT molecular complexity index is 294. The molecule has 1 saturated carbocycles. The highest BCUT2D eigenvalue weighted by Gasteiger charge is 2.32. The molecule has 0 aromatic carbocycles. The van der Waals surface area contributed by atoms with Crippen LogP contribution in [0.3, 0.4) is 0 Å². The fraction of sp³-hybridized carbons (Fsp3) is 0.615. The molecule has 1 aromatic heterocycles. The molecule has 1 aromatic rings. The molecule has 0 spiro atoms. The van der Waals surface area contributed by atoms with Crippen LogP contribution in [0, 0.1) is 18.8 Å². The summed E-state index contributed by atoms with van der Waals surface area (Å²) in [6.07, 6.45) is 4.67. The van der Waals surface area contributed by atoms with Gasteiger partial charge in [-0.1, -0.05) is 19.9 Å². The summed E-state index contributed by atoms with van der Waals surface area (Å²) in [5.41, 5.74) is 2.56. The lowest BCUT2D eigenvalue weighted by atomic mass is 9.68. The molecule has 0 atom stereocenters. The Labute approximate surface area is 86.6 Å². The van der Waals surface area contributed by atoms with Gasteiger partial charge in [-0.3, -0.25) is 4.98 Å². The molecule has 0 amide bonds. The van der Waals surface area contributed by atoms with E-state index in [0.29, 0.717) is 0 Å². The predicted octanol–water partition coefficient (Wildman–Crippen LogP) is 3.54. The average Bonchev–Trinajstić information content (AvgIpc) is 2.05. The molecule has 14 heavy (non-hydrogen) atoms. The van der Waals surface area contributed by atoms with Gasteiger partial charge in [0.25, 0.3) is 0 Å². The number of aromatic nitrogens is 1. The van der Waals surface area contributed by atoms with Crippen molar-refractivity contribution < 1.29 is 0 Å². The maximum absolute atomic E-state index is 4.49. The third-order valence-corrected chi connectivity index (χ3v) is 3.47. The van der Waals surface area contributed by atoms with Crippen LogP contribution in [0.25, 0.3) is 0 Å². The largest absolute Gasteiger partial charge is 0.261 e. The second-order valence-electron chi connectivity index (χ2n) is 4.93. The quantitative estimate of drug-likeness (QED) is 0.693. The van der Waals surface area contributed by atoms with E-state index >= 15 is 0 Å². The van der Waals surface area contributed by atoms with Crippen molar-refractivity contribution in [1.82, 2.24) is 4.98 Å². The lowest BCUT2D eigenvalue weighted by Gasteiger charge is -2.37. The third kappa shape index (κ3) is 1.82. The smallest absolute Gasteiger partial charge is 0.0434 e. The van der Waals surface area contributed by atoms with Crippen molar-refractivity contribution in [3.05, 3.63) is 29.6 Å². The molecular formula is C13H19N. The molecule has 1 fully saturated rings. The Morgan fingerprint density at radius 3 is 2.50 bits per heavy atom. The van der Waals surface area contributed by atoms with Crippen LogP contribution in [0.2, 0.25) is 0 Å².